The number of aliphatic imine (C=N–C) groups is 1. The molecule has 10 heteroatoms. The number of hydrogen-bond acceptors (Lipinski definition) is 4. The molecule has 1 saturated carbocycles. The summed E-state index contributed by atoms with van der Waals surface area (Å²) in [6, 6.07) is 9.68. The Morgan fingerprint density at radius 3 is 2.50 bits per heavy atom. The zero-order chi connectivity index (χ0) is 29.2. The third kappa shape index (κ3) is 6.67. The van der Waals surface area contributed by atoms with E-state index in [1.807, 2.05) is 12.1 Å². The van der Waals surface area contributed by atoms with Gasteiger partial charge in [0.2, 0.25) is 0 Å². The van der Waals surface area contributed by atoms with Gasteiger partial charge in [-0.3, -0.25) is 19.4 Å². The molecule has 0 aromatic heterocycles. The molecular formula is C30H34ClFIN3O4. The molecule has 2 aromatic rings. The zero-order valence-corrected chi connectivity index (χ0v) is 25.8. The van der Waals surface area contributed by atoms with Crippen molar-refractivity contribution in [2.45, 2.75) is 69.5 Å². The Kier molecular flexibility index (Phi) is 9.24. The lowest BCUT2D eigenvalue weighted by molar-refractivity contribution is -0.136. The number of hydrogen-bond donors (Lipinski definition) is 2. The number of aliphatic carboxylic acids is 1. The number of rotatable bonds is 8. The predicted molar refractivity (Wildman–Crippen MR) is 161 cm³/mol. The van der Waals surface area contributed by atoms with Crippen LogP contribution in [-0.2, 0) is 20.6 Å². The second-order valence-corrected chi connectivity index (χ2v) is 12.9. The van der Waals surface area contributed by atoms with Crippen LogP contribution < -0.4 is 5.32 Å². The van der Waals surface area contributed by atoms with E-state index in [0.29, 0.717) is 35.1 Å². The smallest absolute Gasteiger partial charge is 0.305 e. The number of halogens is 3. The van der Waals surface area contributed by atoms with Gasteiger partial charge < -0.3 is 15.3 Å². The van der Waals surface area contributed by atoms with Crippen molar-refractivity contribution < 1.29 is 23.9 Å². The Bertz CT molecular complexity index is 1350. The van der Waals surface area contributed by atoms with Gasteiger partial charge in [-0.2, -0.15) is 0 Å². The van der Waals surface area contributed by atoms with E-state index in [4.69, 9.17) is 21.7 Å². The summed E-state index contributed by atoms with van der Waals surface area (Å²) in [6.07, 6.45) is 2.92. The van der Waals surface area contributed by atoms with Gasteiger partial charge in [-0.15, -0.1) is 0 Å². The SMILES string of the molecule is CC(C)(C)C1CCC2(CC1)N=C(c1cc(Cl)cc(CI)c1)C(=O)N2Cc1ccc(C(=O)NCCC(=O)O)cc1F. The van der Waals surface area contributed by atoms with Crippen LogP contribution in [0.4, 0.5) is 4.39 Å². The highest BCUT2D eigenvalue weighted by atomic mass is 127. The lowest BCUT2D eigenvalue weighted by Gasteiger charge is -2.44. The van der Waals surface area contributed by atoms with Crippen LogP contribution in [0.2, 0.25) is 5.02 Å². The van der Waals surface area contributed by atoms with E-state index in [1.165, 1.54) is 12.1 Å². The number of carbonyl (C=O) groups excluding carboxylic acids is 2. The molecular weight excluding hydrogens is 648 g/mol. The summed E-state index contributed by atoms with van der Waals surface area (Å²) in [5.41, 5.74) is 1.73. The van der Waals surface area contributed by atoms with Crippen LogP contribution in [0.15, 0.2) is 41.4 Å². The number of carboxylic acids is 1. The maximum absolute atomic E-state index is 15.3. The average molecular weight is 682 g/mol. The molecule has 1 heterocycles. The van der Waals surface area contributed by atoms with Gasteiger partial charge in [0.1, 0.15) is 17.2 Å². The summed E-state index contributed by atoms with van der Waals surface area (Å²) >= 11 is 8.63. The fourth-order valence-electron chi connectivity index (χ4n) is 5.60. The summed E-state index contributed by atoms with van der Waals surface area (Å²) in [6.45, 7) is 6.65. The van der Waals surface area contributed by atoms with Crippen molar-refractivity contribution in [1.29, 1.82) is 0 Å². The van der Waals surface area contributed by atoms with Crippen molar-refractivity contribution in [2.24, 2.45) is 16.3 Å². The number of nitrogens with one attached hydrogen (secondary N) is 1. The molecule has 1 fully saturated rings. The van der Waals surface area contributed by atoms with Gasteiger partial charge in [-0.05, 0) is 72.9 Å². The quantitative estimate of drug-likeness (QED) is 0.250. The van der Waals surface area contributed by atoms with Gasteiger partial charge in [-0.25, -0.2) is 4.39 Å². The lowest BCUT2D eigenvalue weighted by Crippen LogP contribution is -2.49. The first-order valence-corrected chi connectivity index (χ1v) is 15.3. The van der Waals surface area contributed by atoms with Gasteiger partial charge in [0, 0.05) is 32.7 Å². The Balaban J connectivity index is 1.63. The summed E-state index contributed by atoms with van der Waals surface area (Å²) in [7, 11) is 0. The summed E-state index contributed by atoms with van der Waals surface area (Å²) in [5.74, 6) is -1.97. The first-order valence-electron chi connectivity index (χ1n) is 13.4. The molecule has 0 unspecified atom stereocenters. The van der Waals surface area contributed by atoms with Crippen LogP contribution in [0.3, 0.4) is 0 Å². The minimum Gasteiger partial charge on any atom is -0.481 e. The fourth-order valence-corrected chi connectivity index (χ4v) is 6.30. The van der Waals surface area contributed by atoms with E-state index in [1.54, 1.807) is 11.0 Å². The van der Waals surface area contributed by atoms with Crippen molar-refractivity contribution >= 4 is 57.7 Å². The second-order valence-electron chi connectivity index (χ2n) is 11.7. The molecule has 1 aliphatic heterocycles. The molecule has 40 heavy (non-hydrogen) atoms. The second kappa shape index (κ2) is 12.1. The predicted octanol–water partition coefficient (Wildman–Crippen LogP) is 6.38. The Hall–Kier alpha value is -2.53. The maximum atomic E-state index is 15.3. The third-order valence-electron chi connectivity index (χ3n) is 7.93. The molecule has 0 bridgehead atoms. The molecule has 0 radical (unpaired) electrons. The minimum absolute atomic E-state index is 0.0124. The minimum atomic E-state index is -1.03. The fraction of sp³-hybridized carbons (Fsp3) is 0.467. The average Bonchev–Trinajstić information content (AvgIpc) is 3.14. The third-order valence-corrected chi connectivity index (χ3v) is 9.03. The Morgan fingerprint density at radius 1 is 1.20 bits per heavy atom. The number of nitrogens with zero attached hydrogens (tertiary/aromatic N) is 2. The molecule has 2 aromatic carbocycles. The number of carbonyl (C=O) groups is 3. The van der Waals surface area contributed by atoms with Crippen LogP contribution in [0.5, 0.6) is 0 Å². The van der Waals surface area contributed by atoms with Crippen molar-refractivity contribution in [2.75, 3.05) is 6.54 Å². The van der Waals surface area contributed by atoms with Crippen LogP contribution >= 0.6 is 34.2 Å². The Labute approximate surface area is 252 Å². The van der Waals surface area contributed by atoms with Gasteiger partial charge >= 0.3 is 5.97 Å². The van der Waals surface area contributed by atoms with Crippen molar-refractivity contribution in [3.63, 3.8) is 0 Å². The van der Waals surface area contributed by atoms with E-state index in [-0.39, 0.29) is 42.0 Å². The van der Waals surface area contributed by atoms with E-state index in [0.717, 1.165) is 28.9 Å². The maximum Gasteiger partial charge on any atom is 0.305 e. The van der Waals surface area contributed by atoms with E-state index >= 15 is 4.39 Å². The van der Waals surface area contributed by atoms with Crippen LogP contribution in [-0.4, -0.2) is 45.7 Å². The molecule has 2 amide bonds. The van der Waals surface area contributed by atoms with Crippen LogP contribution in [0, 0.1) is 17.2 Å². The molecule has 1 spiro atoms. The highest BCUT2D eigenvalue weighted by Gasteiger charge is 2.50. The molecule has 7 nitrogen and oxygen atoms in total. The van der Waals surface area contributed by atoms with Gasteiger partial charge in [0.05, 0.1) is 13.0 Å². The van der Waals surface area contributed by atoms with Gasteiger partial charge in [0.25, 0.3) is 11.8 Å². The summed E-state index contributed by atoms with van der Waals surface area (Å²) < 4.78 is 16.1. The van der Waals surface area contributed by atoms with E-state index in [2.05, 4.69) is 48.7 Å². The lowest BCUT2D eigenvalue weighted by atomic mass is 9.69. The largest absolute Gasteiger partial charge is 0.481 e. The molecule has 0 atom stereocenters. The zero-order valence-electron chi connectivity index (χ0n) is 22.9. The summed E-state index contributed by atoms with van der Waals surface area (Å²) in [5, 5.41) is 11.8. The molecule has 4 rings (SSSR count). The van der Waals surface area contributed by atoms with Gasteiger partial charge in [-0.1, -0.05) is 61.0 Å². The van der Waals surface area contributed by atoms with Crippen LogP contribution in [0.1, 0.15) is 79.9 Å². The molecule has 1 aliphatic carbocycles. The number of amides is 2. The van der Waals surface area contributed by atoms with E-state index < -0.39 is 23.4 Å². The number of carboxylic acid groups (broad SMARTS) is 1. The first-order chi connectivity index (χ1) is 18.8. The number of benzene rings is 2. The highest BCUT2D eigenvalue weighted by molar-refractivity contribution is 14.1. The van der Waals surface area contributed by atoms with E-state index in [9.17, 15) is 14.4 Å². The summed E-state index contributed by atoms with van der Waals surface area (Å²) in [4.78, 5) is 43.8. The molecule has 0 saturated heterocycles. The van der Waals surface area contributed by atoms with Crippen LogP contribution in [0.25, 0.3) is 0 Å². The first kappa shape index (κ1) is 30.4. The van der Waals surface area contributed by atoms with Crippen molar-refractivity contribution in [3.8, 4) is 0 Å². The standard InChI is InChI=1S/C30H34ClFIN3O4/c1-29(2,3)22-6-9-30(10-7-22)35-26(21-12-18(16-33)13-23(31)14-21)28(40)36(30)17-20-5-4-19(15-24(20)32)27(39)34-11-8-25(37)38/h4-5,12-15,22H,6-11,16-17H2,1-3H3,(H,34,39)(H,37,38). The van der Waals surface area contributed by atoms with Crippen molar-refractivity contribution in [3.05, 3.63) is 69.5 Å². The van der Waals surface area contributed by atoms with Gasteiger partial charge in [0.15, 0.2) is 0 Å². The normalized spacial score (nSPS) is 21.1. The molecule has 2 N–H and O–H groups in total. The topological polar surface area (TPSA) is 99.1 Å². The van der Waals surface area contributed by atoms with Crippen molar-refractivity contribution in [1.82, 2.24) is 10.2 Å². The molecule has 214 valence electrons. The Morgan fingerprint density at radius 2 is 1.90 bits per heavy atom. The monoisotopic (exact) mass is 681 g/mol. The molecule has 2 aliphatic rings. The number of alkyl halides is 1. The highest BCUT2D eigenvalue weighted by Crippen LogP contribution is 2.47.